The van der Waals surface area contributed by atoms with Crippen LogP contribution in [0.3, 0.4) is 0 Å². The lowest BCUT2D eigenvalue weighted by Crippen LogP contribution is -2.07. The highest BCUT2D eigenvalue weighted by Crippen LogP contribution is 2.32. The van der Waals surface area contributed by atoms with E-state index in [9.17, 15) is 17.6 Å². The van der Waals surface area contributed by atoms with Crippen LogP contribution in [0.1, 0.15) is 11.1 Å². The van der Waals surface area contributed by atoms with E-state index in [0.717, 1.165) is 12.1 Å². The minimum Gasteiger partial charge on any atom is -0.316 e. The van der Waals surface area contributed by atoms with Gasteiger partial charge < -0.3 is 5.32 Å². The predicted octanol–water partition coefficient (Wildman–Crippen LogP) is 4.23. The molecule has 0 aromatic heterocycles. The average molecular weight is 283 g/mol. The Morgan fingerprint density at radius 3 is 2.35 bits per heavy atom. The zero-order chi connectivity index (χ0) is 14.8. The van der Waals surface area contributed by atoms with Crippen LogP contribution < -0.4 is 5.32 Å². The summed E-state index contributed by atoms with van der Waals surface area (Å²) >= 11 is 0. The first-order valence-electron chi connectivity index (χ1n) is 6.02. The molecule has 0 heterocycles. The van der Waals surface area contributed by atoms with Crippen LogP contribution >= 0.6 is 0 Å². The van der Waals surface area contributed by atoms with Crippen LogP contribution in [-0.2, 0) is 12.7 Å². The molecule has 0 bridgehead atoms. The molecule has 2 rings (SSSR count). The molecule has 0 aliphatic rings. The Bertz CT molecular complexity index is 605. The second-order valence-electron chi connectivity index (χ2n) is 4.42. The topological polar surface area (TPSA) is 12.0 Å². The van der Waals surface area contributed by atoms with Crippen molar-refractivity contribution in [3.8, 4) is 11.1 Å². The van der Waals surface area contributed by atoms with E-state index >= 15 is 0 Å². The number of hydrogen-bond donors (Lipinski definition) is 1. The molecule has 1 nitrogen and oxygen atoms in total. The van der Waals surface area contributed by atoms with Crippen molar-refractivity contribution in [2.45, 2.75) is 12.7 Å². The van der Waals surface area contributed by atoms with Gasteiger partial charge in [0.25, 0.3) is 0 Å². The third-order valence-corrected chi connectivity index (χ3v) is 2.94. The second-order valence-corrected chi connectivity index (χ2v) is 4.42. The SMILES string of the molecule is CNCc1cc(-c2cccc(C(F)(F)F)c2)ccc1F. The summed E-state index contributed by atoms with van der Waals surface area (Å²) in [5, 5.41) is 2.82. The van der Waals surface area contributed by atoms with Crippen molar-refractivity contribution >= 4 is 0 Å². The molecule has 0 atom stereocenters. The van der Waals surface area contributed by atoms with Crippen molar-refractivity contribution in [3.63, 3.8) is 0 Å². The fourth-order valence-electron chi connectivity index (χ4n) is 1.96. The lowest BCUT2D eigenvalue weighted by atomic mass is 10.0. The molecule has 2 aromatic carbocycles. The van der Waals surface area contributed by atoms with Crippen molar-refractivity contribution in [1.29, 1.82) is 0 Å². The van der Waals surface area contributed by atoms with Gasteiger partial charge in [0.05, 0.1) is 5.56 Å². The zero-order valence-electron chi connectivity index (χ0n) is 10.8. The molecule has 1 N–H and O–H groups in total. The minimum atomic E-state index is -4.39. The standard InChI is InChI=1S/C15H13F4N/c1-20-9-12-7-11(5-6-14(12)16)10-3-2-4-13(8-10)15(17,18)19/h2-8,20H,9H2,1H3. The van der Waals surface area contributed by atoms with E-state index in [-0.39, 0.29) is 5.82 Å². The quantitative estimate of drug-likeness (QED) is 0.831. The molecule has 0 radical (unpaired) electrons. The van der Waals surface area contributed by atoms with Crippen LogP contribution in [0.2, 0.25) is 0 Å². The molecular weight excluding hydrogens is 270 g/mol. The van der Waals surface area contributed by atoms with E-state index in [1.54, 1.807) is 19.2 Å². The number of alkyl halides is 3. The normalized spacial score (nSPS) is 11.7. The van der Waals surface area contributed by atoms with E-state index in [4.69, 9.17) is 0 Å². The third kappa shape index (κ3) is 3.17. The van der Waals surface area contributed by atoms with Crippen molar-refractivity contribution in [2.24, 2.45) is 0 Å². The van der Waals surface area contributed by atoms with E-state index in [0.29, 0.717) is 23.2 Å². The number of nitrogens with one attached hydrogen (secondary N) is 1. The summed E-state index contributed by atoms with van der Waals surface area (Å²) in [7, 11) is 1.68. The molecule has 0 spiro atoms. The van der Waals surface area contributed by atoms with E-state index in [1.807, 2.05) is 0 Å². The van der Waals surface area contributed by atoms with E-state index in [1.165, 1.54) is 18.2 Å². The summed E-state index contributed by atoms with van der Waals surface area (Å²) in [5.41, 5.74) is 0.678. The number of rotatable bonds is 3. The van der Waals surface area contributed by atoms with Crippen LogP contribution in [-0.4, -0.2) is 7.05 Å². The van der Waals surface area contributed by atoms with Gasteiger partial charge in [0.1, 0.15) is 5.82 Å². The van der Waals surface area contributed by atoms with Crippen LogP contribution in [0.4, 0.5) is 17.6 Å². The number of halogens is 4. The molecule has 0 aliphatic carbocycles. The summed E-state index contributed by atoms with van der Waals surface area (Å²) in [4.78, 5) is 0. The van der Waals surface area contributed by atoms with Gasteiger partial charge in [-0.15, -0.1) is 0 Å². The maximum absolute atomic E-state index is 13.5. The summed E-state index contributed by atoms with van der Waals surface area (Å²) in [5.74, 6) is -0.380. The highest BCUT2D eigenvalue weighted by Gasteiger charge is 2.30. The molecule has 106 valence electrons. The van der Waals surface area contributed by atoms with E-state index in [2.05, 4.69) is 5.32 Å². The molecule has 20 heavy (non-hydrogen) atoms. The Kier molecular flexibility index (Phi) is 4.09. The molecule has 0 aliphatic heterocycles. The van der Waals surface area contributed by atoms with Crippen LogP contribution in [0, 0.1) is 5.82 Å². The van der Waals surface area contributed by atoms with Crippen LogP contribution in [0.25, 0.3) is 11.1 Å². The molecular formula is C15H13F4N. The van der Waals surface area contributed by atoms with Gasteiger partial charge in [-0.25, -0.2) is 4.39 Å². The van der Waals surface area contributed by atoms with Crippen molar-refractivity contribution in [3.05, 3.63) is 59.4 Å². The van der Waals surface area contributed by atoms with Crippen molar-refractivity contribution in [2.75, 3.05) is 7.05 Å². The lowest BCUT2D eigenvalue weighted by molar-refractivity contribution is -0.137. The molecule has 5 heteroatoms. The molecule has 0 saturated heterocycles. The molecule has 0 fully saturated rings. The van der Waals surface area contributed by atoms with E-state index < -0.39 is 11.7 Å². The molecule has 0 saturated carbocycles. The second kappa shape index (κ2) is 5.63. The van der Waals surface area contributed by atoms with Gasteiger partial charge in [0.2, 0.25) is 0 Å². The van der Waals surface area contributed by atoms with Gasteiger partial charge >= 0.3 is 6.18 Å². The van der Waals surface area contributed by atoms with Gasteiger partial charge in [-0.3, -0.25) is 0 Å². The van der Waals surface area contributed by atoms with Gasteiger partial charge in [-0.1, -0.05) is 18.2 Å². The molecule has 0 unspecified atom stereocenters. The van der Waals surface area contributed by atoms with Crippen LogP contribution in [0.5, 0.6) is 0 Å². The molecule has 2 aromatic rings. The summed E-state index contributed by atoms with van der Waals surface area (Å²) in [6.45, 7) is 0.318. The average Bonchev–Trinajstić information content (AvgIpc) is 2.41. The Hall–Kier alpha value is -1.88. The first kappa shape index (κ1) is 14.5. The Morgan fingerprint density at radius 2 is 1.70 bits per heavy atom. The summed E-state index contributed by atoms with van der Waals surface area (Å²) in [6.07, 6.45) is -4.39. The predicted molar refractivity (Wildman–Crippen MR) is 69.6 cm³/mol. The van der Waals surface area contributed by atoms with Crippen molar-refractivity contribution in [1.82, 2.24) is 5.32 Å². The summed E-state index contributed by atoms with van der Waals surface area (Å²) in [6, 6.07) is 9.30. The fourth-order valence-corrected chi connectivity index (χ4v) is 1.96. The van der Waals surface area contributed by atoms with Crippen molar-refractivity contribution < 1.29 is 17.6 Å². The monoisotopic (exact) mass is 283 g/mol. The Morgan fingerprint density at radius 1 is 1.00 bits per heavy atom. The third-order valence-electron chi connectivity index (χ3n) is 2.94. The van der Waals surface area contributed by atoms with Gasteiger partial charge in [0.15, 0.2) is 0 Å². The zero-order valence-corrected chi connectivity index (χ0v) is 10.8. The Labute approximate surface area is 114 Å². The minimum absolute atomic E-state index is 0.318. The van der Waals surface area contributed by atoms with Gasteiger partial charge in [0, 0.05) is 12.1 Å². The maximum Gasteiger partial charge on any atom is 0.416 e. The number of benzene rings is 2. The number of hydrogen-bond acceptors (Lipinski definition) is 1. The smallest absolute Gasteiger partial charge is 0.316 e. The largest absolute Gasteiger partial charge is 0.416 e. The maximum atomic E-state index is 13.5. The lowest BCUT2D eigenvalue weighted by Gasteiger charge is -2.10. The highest BCUT2D eigenvalue weighted by atomic mass is 19.4. The fraction of sp³-hybridized carbons (Fsp3) is 0.200. The first-order chi connectivity index (χ1) is 9.41. The van der Waals surface area contributed by atoms with Gasteiger partial charge in [-0.2, -0.15) is 13.2 Å². The first-order valence-corrected chi connectivity index (χ1v) is 6.02. The highest BCUT2D eigenvalue weighted by molar-refractivity contribution is 5.65. The molecule has 0 amide bonds. The summed E-state index contributed by atoms with van der Waals surface area (Å²) < 4.78 is 51.6. The van der Waals surface area contributed by atoms with Gasteiger partial charge in [-0.05, 0) is 42.4 Å². The van der Waals surface area contributed by atoms with Crippen LogP contribution in [0.15, 0.2) is 42.5 Å². The Balaban J connectivity index is 2.44.